The van der Waals surface area contributed by atoms with E-state index in [9.17, 15) is 9.59 Å². The minimum Gasteiger partial charge on any atom is -0.444 e. The number of Topliss-reactive ketones (excluding diaryl/α,β-unsaturated/α-hetero) is 1. The van der Waals surface area contributed by atoms with Gasteiger partial charge in [0, 0.05) is 30.3 Å². The van der Waals surface area contributed by atoms with Crippen LogP contribution in [0.4, 0.5) is 9.18 Å². The van der Waals surface area contributed by atoms with E-state index in [1.54, 1.807) is 32.9 Å². The molecule has 0 spiro atoms. The number of fused-ring (bicyclic) bond motifs is 3. The average Bonchev–Trinajstić information content (AvgIpc) is 3.47. The molecule has 1 aliphatic heterocycles. The average molecular weight is 565 g/mol. The Kier molecular flexibility index (Phi) is 8.51. The molecule has 0 saturated carbocycles. The zero-order valence-corrected chi connectivity index (χ0v) is 24.3. The zero-order valence-electron chi connectivity index (χ0n) is 23.5. The van der Waals surface area contributed by atoms with Crippen LogP contribution in [-0.4, -0.2) is 51.4 Å². The third-order valence-electron chi connectivity index (χ3n) is 7.14. The van der Waals surface area contributed by atoms with Gasteiger partial charge in [-0.1, -0.05) is 23.8 Å². The van der Waals surface area contributed by atoms with E-state index in [4.69, 9.17) is 4.74 Å². The Labute approximate surface area is 238 Å². The Morgan fingerprint density at radius 3 is 2.62 bits per heavy atom. The summed E-state index contributed by atoms with van der Waals surface area (Å²) >= 11 is 1.49. The predicted molar refractivity (Wildman–Crippen MR) is 158 cm³/mol. The van der Waals surface area contributed by atoms with Gasteiger partial charge in [-0.15, -0.1) is 0 Å². The van der Waals surface area contributed by atoms with Gasteiger partial charge in [0.1, 0.15) is 11.4 Å². The van der Waals surface area contributed by atoms with E-state index in [0.717, 1.165) is 40.1 Å². The monoisotopic (exact) mass is 564 g/mol. The molecule has 1 N–H and O–H groups in total. The van der Waals surface area contributed by atoms with Gasteiger partial charge in [0.15, 0.2) is 10.7 Å². The number of alkyl carbamates (subject to hydrolysis) is 1. The van der Waals surface area contributed by atoms with Gasteiger partial charge in [-0.25, -0.2) is 14.2 Å². The first-order chi connectivity index (χ1) is 19.2. The van der Waals surface area contributed by atoms with Crippen LogP contribution in [0.1, 0.15) is 75.2 Å². The maximum atomic E-state index is 15.0. The van der Waals surface area contributed by atoms with Crippen LogP contribution in [0.25, 0.3) is 26.4 Å². The molecule has 40 heavy (non-hydrogen) atoms. The lowest BCUT2D eigenvalue weighted by Crippen LogP contribution is -2.32. The Balaban J connectivity index is 1.22. The number of hydrogen-bond acceptors (Lipinski definition) is 6. The lowest BCUT2D eigenvalue weighted by Gasteiger charge is -2.26. The maximum Gasteiger partial charge on any atom is 0.407 e. The quantitative estimate of drug-likeness (QED) is 0.172. The number of ether oxygens (including phenoxy) is 1. The number of nitrogens with zero attached hydrogens (tertiary/aromatic N) is 3. The summed E-state index contributed by atoms with van der Waals surface area (Å²) in [5, 5.41) is 2.65. The van der Waals surface area contributed by atoms with E-state index in [2.05, 4.69) is 15.2 Å². The van der Waals surface area contributed by atoms with Crippen molar-refractivity contribution in [3.63, 3.8) is 0 Å². The number of halogens is 1. The Morgan fingerprint density at radius 1 is 1.07 bits per heavy atom. The number of hydrogen-bond donors (Lipinski definition) is 1. The summed E-state index contributed by atoms with van der Waals surface area (Å²) in [4.78, 5) is 32.7. The molecule has 2 aromatic carbocycles. The normalized spacial score (nSPS) is 14.6. The number of nitrogens with one attached hydrogen (secondary N) is 1. The number of benzene rings is 2. The van der Waals surface area contributed by atoms with Gasteiger partial charge in [-0.05, 0) is 102 Å². The molecular formula is C31H37FN4O3S. The standard InChI is InChI=1S/C31H37FN4O3S/c1-31(2,3)39-30(38)33-19-21-10-12-23(24(32)17-21)25-20-36-26-13-11-22(18-28(26)40-29(36)34-25)27(37)9-5-8-16-35-14-6-4-7-15-35/h10-13,17-18,20H,4-9,14-16,19H2,1-3H3,(H,33,38). The molecule has 1 aliphatic rings. The summed E-state index contributed by atoms with van der Waals surface area (Å²) in [7, 11) is 0. The number of piperidine rings is 1. The van der Waals surface area contributed by atoms with Crippen molar-refractivity contribution in [2.75, 3.05) is 19.6 Å². The maximum absolute atomic E-state index is 15.0. The minimum absolute atomic E-state index is 0.161. The molecule has 4 aromatic rings. The molecule has 1 saturated heterocycles. The number of thiazole rings is 1. The van der Waals surface area contributed by atoms with Crippen molar-refractivity contribution in [1.82, 2.24) is 19.6 Å². The number of imidazole rings is 1. The third-order valence-corrected chi connectivity index (χ3v) is 8.16. The first-order valence-electron chi connectivity index (χ1n) is 14.1. The molecule has 5 rings (SSSR count). The van der Waals surface area contributed by atoms with Crippen LogP contribution in [0.15, 0.2) is 42.6 Å². The first kappa shape index (κ1) is 28.2. The van der Waals surface area contributed by atoms with Crippen molar-refractivity contribution in [2.24, 2.45) is 0 Å². The Bertz CT molecular complexity index is 1510. The van der Waals surface area contributed by atoms with Crippen LogP contribution >= 0.6 is 11.3 Å². The van der Waals surface area contributed by atoms with Gasteiger partial charge in [0.2, 0.25) is 0 Å². The zero-order chi connectivity index (χ0) is 28.3. The van der Waals surface area contributed by atoms with Crippen molar-refractivity contribution in [3.8, 4) is 11.3 Å². The highest BCUT2D eigenvalue weighted by molar-refractivity contribution is 7.23. The summed E-state index contributed by atoms with van der Waals surface area (Å²) in [6.45, 7) is 9.00. The predicted octanol–water partition coefficient (Wildman–Crippen LogP) is 7.22. The van der Waals surface area contributed by atoms with Gasteiger partial charge >= 0.3 is 6.09 Å². The molecule has 7 nitrogen and oxygen atoms in total. The first-order valence-corrected chi connectivity index (χ1v) is 14.9. The van der Waals surface area contributed by atoms with Gasteiger partial charge in [0.25, 0.3) is 0 Å². The lowest BCUT2D eigenvalue weighted by molar-refractivity contribution is 0.0523. The second-order valence-electron chi connectivity index (χ2n) is 11.5. The van der Waals surface area contributed by atoms with Crippen molar-refractivity contribution in [2.45, 2.75) is 71.4 Å². The fraction of sp³-hybridized carbons (Fsp3) is 0.452. The van der Waals surface area contributed by atoms with E-state index in [1.807, 2.05) is 28.8 Å². The molecule has 0 unspecified atom stereocenters. The SMILES string of the molecule is CC(C)(C)OC(=O)NCc1ccc(-c2cn3c(n2)sc2cc(C(=O)CCCCN4CCCCC4)ccc23)c(F)c1. The highest BCUT2D eigenvalue weighted by Gasteiger charge is 2.18. The molecule has 0 radical (unpaired) electrons. The number of likely N-dealkylation sites (tertiary alicyclic amines) is 1. The van der Waals surface area contributed by atoms with E-state index < -0.39 is 17.5 Å². The minimum atomic E-state index is -0.596. The smallest absolute Gasteiger partial charge is 0.407 e. The number of rotatable bonds is 9. The van der Waals surface area contributed by atoms with Crippen LogP contribution in [0.5, 0.6) is 0 Å². The summed E-state index contributed by atoms with van der Waals surface area (Å²) in [5.41, 5.74) is 2.63. The van der Waals surface area contributed by atoms with E-state index in [0.29, 0.717) is 23.2 Å². The fourth-order valence-electron chi connectivity index (χ4n) is 5.12. The van der Waals surface area contributed by atoms with Crippen molar-refractivity contribution < 1.29 is 18.7 Å². The van der Waals surface area contributed by atoms with Crippen LogP contribution in [-0.2, 0) is 11.3 Å². The fourth-order valence-corrected chi connectivity index (χ4v) is 6.16. The summed E-state index contributed by atoms with van der Waals surface area (Å²) in [5.74, 6) is -0.234. The number of unbranched alkanes of at least 4 members (excludes halogenated alkanes) is 1. The van der Waals surface area contributed by atoms with Crippen molar-refractivity contribution in [1.29, 1.82) is 0 Å². The molecule has 3 heterocycles. The van der Waals surface area contributed by atoms with Crippen molar-refractivity contribution in [3.05, 3.63) is 59.5 Å². The number of aromatic nitrogens is 2. The topological polar surface area (TPSA) is 75.9 Å². The van der Waals surface area contributed by atoms with E-state index in [1.165, 1.54) is 49.8 Å². The molecular weight excluding hydrogens is 527 g/mol. The van der Waals surface area contributed by atoms with Gasteiger partial charge < -0.3 is 15.0 Å². The number of ketones is 1. The second-order valence-corrected chi connectivity index (χ2v) is 12.5. The van der Waals surface area contributed by atoms with Gasteiger partial charge in [0.05, 0.1) is 15.9 Å². The van der Waals surface area contributed by atoms with Crippen LogP contribution in [0.2, 0.25) is 0 Å². The third kappa shape index (κ3) is 6.88. The van der Waals surface area contributed by atoms with Crippen molar-refractivity contribution >= 4 is 38.4 Å². The van der Waals surface area contributed by atoms with Crippen LogP contribution < -0.4 is 5.32 Å². The van der Waals surface area contributed by atoms with Gasteiger partial charge in [-0.3, -0.25) is 9.20 Å². The second kappa shape index (κ2) is 12.1. The Morgan fingerprint density at radius 2 is 1.88 bits per heavy atom. The molecule has 0 aliphatic carbocycles. The van der Waals surface area contributed by atoms with E-state index >= 15 is 4.39 Å². The highest BCUT2D eigenvalue weighted by Crippen LogP contribution is 2.31. The molecule has 212 valence electrons. The van der Waals surface area contributed by atoms with Gasteiger partial charge in [-0.2, -0.15) is 0 Å². The molecule has 2 aromatic heterocycles. The molecule has 9 heteroatoms. The summed E-state index contributed by atoms with van der Waals surface area (Å²) in [6.07, 6.45) is 7.74. The number of carbonyl (C=O) groups excluding carboxylic acids is 2. The Hall–Kier alpha value is -3.30. The van der Waals surface area contributed by atoms with Crippen LogP contribution in [0, 0.1) is 5.82 Å². The summed E-state index contributed by atoms with van der Waals surface area (Å²) < 4.78 is 23.2. The number of carbonyl (C=O) groups is 2. The molecule has 1 amide bonds. The molecule has 0 bridgehead atoms. The van der Waals surface area contributed by atoms with Crippen LogP contribution in [0.3, 0.4) is 0 Å². The van der Waals surface area contributed by atoms with E-state index in [-0.39, 0.29) is 12.3 Å². The summed E-state index contributed by atoms with van der Waals surface area (Å²) in [6, 6.07) is 10.6. The highest BCUT2D eigenvalue weighted by atomic mass is 32.1. The molecule has 0 atom stereocenters. The number of amides is 1. The molecule has 1 fully saturated rings. The lowest BCUT2D eigenvalue weighted by atomic mass is 10.0. The largest absolute Gasteiger partial charge is 0.444 e.